The van der Waals surface area contributed by atoms with E-state index in [0.29, 0.717) is 6.54 Å². The Morgan fingerprint density at radius 3 is 2.60 bits per heavy atom. The topological polar surface area (TPSA) is 47.1 Å². The Morgan fingerprint density at radius 1 is 1.53 bits per heavy atom. The van der Waals surface area contributed by atoms with Crippen LogP contribution in [0.25, 0.3) is 0 Å². The molecular weight excluding hydrogens is 188 g/mol. The zero-order chi connectivity index (χ0) is 11.5. The molecule has 0 spiro atoms. The minimum absolute atomic E-state index is 0.0462. The molecule has 15 heavy (non-hydrogen) atoms. The quantitative estimate of drug-likeness (QED) is 0.788. The van der Waals surface area contributed by atoms with Gasteiger partial charge in [-0.25, -0.2) is 0 Å². The van der Waals surface area contributed by atoms with Crippen LogP contribution in [0.2, 0.25) is 0 Å². The molecule has 1 heterocycles. The first-order chi connectivity index (χ1) is 6.99. The first-order valence-corrected chi connectivity index (χ1v) is 5.42. The second-order valence-corrected chi connectivity index (χ2v) is 4.55. The average molecular weight is 210 g/mol. The maximum atomic E-state index is 5.78. The van der Waals surface area contributed by atoms with E-state index in [1.807, 2.05) is 17.9 Å². The van der Waals surface area contributed by atoms with Crippen molar-refractivity contribution in [1.29, 1.82) is 0 Å². The van der Waals surface area contributed by atoms with Crippen molar-refractivity contribution in [3.8, 4) is 0 Å². The zero-order valence-electron chi connectivity index (χ0n) is 10.2. The number of aromatic nitrogens is 2. The highest BCUT2D eigenvalue weighted by atomic mass is 15.3. The Bertz CT molecular complexity index is 303. The molecule has 0 fully saturated rings. The summed E-state index contributed by atoms with van der Waals surface area (Å²) >= 11 is 0. The molecule has 86 valence electrons. The van der Waals surface area contributed by atoms with Crippen molar-refractivity contribution in [3.63, 3.8) is 0 Å². The van der Waals surface area contributed by atoms with Gasteiger partial charge in [0.25, 0.3) is 0 Å². The van der Waals surface area contributed by atoms with Crippen LogP contribution in [0, 0.1) is 0 Å². The number of hydrogen-bond acceptors (Lipinski definition) is 3. The van der Waals surface area contributed by atoms with Gasteiger partial charge in [0.15, 0.2) is 0 Å². The molecule has 1 rings (SSSR count). The molecular formula is C11H22N4. The van der Waals surface area contributed by atoms with Crippen molar-refractivity contribution in [1.82, 2.24) is 14.7 Å². The maximum Gasteiger partial charge on any atom is 0.0534 e. The van der Waals surface area contributed by atoms with Crippen molar-refractivity contribution in [2.45, 2.75) is 32.9 Å². The normalized spacial score (nSPS) is 12.4. The molecule has 0 aliphatic carbocycles. The summed E-state index contributed by atoms with van der Waals surface area (Å²) in [5.41, 5.74) is 7.06. The molecule has 0 bridgehead atoms. The SMILES string of the molecule is CCN(Cc1cnn(C)c1)C(C)(C)CN. The van der Waals surface area contributed by atoms with Crippen LogP contribution >= 0.6 is 0 Å². The Hall–Kier alpha value is -0.870. The second-order valence-electron chi connectivity index (χ2n) is 4.55. The highest BCUT2D eigenvalue weighted by molar-refractivity contribution is 5.04. The third-order valence-electron chi connectivity index (χ3n) is 2.87. The highest BCUT2D eigenvalue weighted by Crippen LogP contribution is 2.15. The summed E-state index contributed by atoms with van der Waals surface area (Å²) in [5.74, 6) is 0. The Kier molecular flexibility index (Phi) is 3.88. The van der Waals surface area contributed by atoms with Crippen LogP contribution in [0.15, 0.2) is 12.4 Å². The largest absolute Gasteiger partial charge is 0.329 e. The first kappa shape index (κ1) is 12.2. The Labute approximate surface area is 92.1 Å². The van der Waals surface area contributed by atoms with Crippen LogP contribution < -0.4 is 5.73 Å². The van der Waals surface area contributed by atoms with Crippen LogP contribution in [0.3, 0.4) is 0 Å². The molecule has 0 atom stereocenters. The summed E-state index contributed by atoms with van der Waals surface area (Å²) in [5, 5.41) is 4.17. The van der Waals surface area contributed by atoms with Crippen LogP contribution in [0.5, 0.6) is 0 Å². The lowest BCUT2D eigenvalue weighted by Crippen LogP contribution is -2.48. The minimum atomic E-state index is 0.0462. The van der Waals surface area contributed by atoms with Crippen LogP contribution in [0.4, 0.5) is 0 Å². The van der Waals surface area contributed by atoms with Crippen molar-refractivity contribution >= 4 is 0 Å². The summed E-state index contributed by atoms with van der Waals surface area (Å²) in [6.45, 7) is 9.09. The van der Waals surface area contributed by atoms with Gasteiger partial charge in [-0.15, -0.1) is 0 Å². The lowest BCUT2D eigenvalue weighted by atomic mass is 10.0. The van der Waals surface area contributed by atoms with Gasteiger partial charge in [-0.3, -0.25) is 9.58 Å². The molecule has 4 nitrogen and oxygen atoms in total. The summed E-state index contributed by atoms with van der Waals surface area (Å²) < 4.78 is 1.83. The zero-order valence-corrected chi connectivity index (χ0v) is 10.2. The molecule has 4 heteroatoms. The standard InChI is InChI=1S/C11H22N4/c1-5-15(11(2,3)9-12)8-10-6-13-14(4)7-10/h6-7H,5,8-9,12H2,1-4H3. The second kappa shape index (κ2) is 4.77. The lowest BCUT2D eigenvalue weighted by Gasteiger charge is -2.36. The maximum absolute atomic E-state index is 5.78. The summed E-state index contributed by atoms with van der Waals surface area (Å²) in [6, 6.07) is 0. The molecule has 0 aliphatic heterocycles. The number of likely N-dealkylation sites (N-methyl/N-ethyl adjacent to an activating group) is 1. The molecule has 0 amide bonds. The number of nitrogens with zero attached hydrogens (tertiary/aromatic N) is 3. The number of aryl methyl sites for hydroxylation is 1. The molecule has 0 saturated heterocycles. The van der Waals surface area contributed by atoms with Crippen LogP contribution in [0.1, 0.15) is 26.3 Å². The van der Waals surface area contributed by atoms with Gasteiger partial charge >= 0.3 is 0 Å². The van der Waals surface area contributed by atoms with E-state index in [4.69, 9.17) is 5.73 Å². The molecule has 1 aromatic heterocycles. The van der Waals surface area contributed by atoms with Crippen molar-refractivity contribution in [2.24, 2.45) is 12.8 Å². The molecule has 0 aromatic carbocycles. The van der Waals surface area contributed by atoms with Gasteiger partial charge in [-0.2, -0.15) is 5.10 Å². The molecule has 2 N–H and O–H groups in total. The number of nitrogens with two attached hydrogens (primary N) is 1. The van der Waals surface area contributed by atoms with Gasteiger partial charge in [-0.05, 0) is 20.4 Å². The Balaban J connectivity index is 2.69. The van der Waals surface area contributed by atoms with Crippen molar-refractivity contribution < 1.29 is 0 Å². The van der Waals surface area contributed by atoms with E-state index in [2.05, 4.69) is 37.0 Å². The molecule has 0 unspecified atom stereocenters. The van der Waals surface area contributed by atoms with E-state index in [0.717, 1.165) is 13.1 Å². The van der Waals surface area contributed by atoms with Gasteiger partial charge in [0, 0.05) is 37.4 Å². The van der Waals surface area contributed by atoms with Gasteiger partial charge in [-0.1, -0.05) is 6.92 Å². The average Bonchev–Trinajstić information content (AvgIpc) is 2.60. The van der Waals surface area contributed by atoms with Gasteiger partial charge in [0.2, 0.25) is 0 Å². The predicted octanol–water partition coefficient (Wildman–Crippen LogP) is 0.979. The predicted molar refractivity (Wildman–Crippen MR) is 62.4 cm³/mol. The smallest absolute Gasteiger partial charge is 0.0534 e. The summed E-state index contributed by atoms with van der Waals surface area (Å²) in [7, 11) is 1.94. The van der Waals surface area contributed by atoms with Crippen LogP contribution in [-0.4, -0.2) is 33.3 Å². The van der Waals surface area contributed by atoms with E-state index in [1.165, 1.54) is 5.56 Å². The monoisotopic (exact) mass is 210 g/mol. The molecule has 0 aliphatic rings. The van der Waals surface area contributed by atoms with E-state index >= 15 is 0 Å². The highest BCUT2D eigenvalue weighted by Gasteiger charge is 2.23. The van der Waals surface area contributed by atoms with E-state index in [-0.39, 0.29) is 5.54 Å². The van der Waals surface area contributed by atoms with Gasteiger partial charge in [0.1, 0.15) is 0 Å². The summed E-state index contributed by atoms with van der Waals surface area (Å²) in [4.78, 5) is 2.37. The first-order valence-electron chi connectivity index (χ1n) is 5.42. The van der Waals surface area contributed by atoms with E-state index in [1.54, 1.807) is 0 Å². The number of hydrogen-bond donors (Lipinski definition) is 1. The Morgan fingerprint density at radius 2 is 2.20 bits per heavy atom. The number of rotatable bonds is 5. The molecule has 1 aromatic rings. The summed E-state index contributed by atoms with van der Waals surface area (Å²) in [6.07, 6.45) is 3.96. The van der Waals surface area contributed by atoms with Crippen molar-refractivity contribution in [3.05, 3.63) is 18.0 Å². The van der Waals surface area contributed by atoms with Gasteiger partial charge in [0.05, 0.1) is 6.20 Å². The molecule has 0 saturated carbocycles. The van der Waals surface area contributed by atoms with E-state index in [9.17, 15) is 0 Å². The molecule has 0 radical (unpaired) electrons. The van der Waals surface area contributed by atoms with E-state index < -0.39 is 0 Å². The van der Waals surface area contributed by atoms with Gasteiger partial charge < -0.3 is 5.73 Å². The lowest BCUT2D eigenvalue weighted by molar-refractivity contribution is 0.126. The fraction of sp³-hybridized carbons (Fsp3) is 0.727. The van der Waals surface area contributed by atoms with Crippen molar-refractivity contribution in [2.75, 3.05) is 13.1 Å². The minimum Gasteiger partial charge on any atom is -0.329 e. The third-order valence-corrected chi connectivity index (χ3v) is 2.87. The van der Waals surface area contributed by atoms with Crippen LogP contribution in [-0.2, 0) is 13.6 Å². The third kappa shape index (κ3) is 3.04. The fourth-order valence-electron chi connectivity index (χ4n) is 1.66. The fourth-order valence-corrected chi connectivity index (χ4v) is 1.66.